The molecule has 1 aromatic carbocycles. The summed E-state index contributed by atoms with van der Waals surface area (Å²) in [5.41, 5.74) is 2.34. The van der Waals surface area contributed by atoms with Gasteiger partial charge in [-0.3, -0.25) is 4.90 Å². The number of aliphatic hydroxyl groups is 1. The molecule has 0 radical (unpaired) electrons. The molecule has 9 nitrogen and oxygen atoms in total. The Kier molecular flexibility index (Phi) is 8.85. The second-order valence-electron chi connectivity index (χ2n) is 9.50. The van der Waals surface area contributed by atoms with Crippen molar-refractivity contribution >= 4 is 5.88 Å². The molecule has 1 N–H and O–H groups in total. The molecule has 200 valence electrons. The third-order valence-electron chi connectivity index (χ3n) is 6.65. The lowest BCUT2D eigenvalue weighted by Crippen LogP contribution is -2.40. The average Bonchev–Trinajstić information content (AvgIpc) is 3.68. The molecule has 2 aromatic heterocycles. The molecule has 2 saturated heterocycles. The highest BCUT2D eigenvalue weighted by molar-refractivity contribution is 5.68. The summed E-state index contributed by atoms with van der Waals surface area (Å²) in [6.45, 7) is 5.36. The molecule has 0 amide bonds. The smallest absolute Gasteiger partial charge is 0.232 e. The van der Waals surface area contributed by atoms with Crippen molar-refractivity contribution in [1.82, 2.24) is 10.1 Å². The number of hydrogen-bond acceptors (Lipinski definition) is 9. The van der Waals surface area contributed by atoms with Gasteiger partial charge in [-0.1, -0.05) is 5.16 Å². The SMILES string of the molecule is O[C@H](COCc1ccco1)CN(Cc1c(-c2ccc(F)cc2)noc1N1CCOCC1)C[C@@H]1CCCO1. The van der Waals surface area contributed by atoms with Gasteiger partial charge < -0.3 is 33.2 Å². The van der Waals surface area contributed by atoms with Crippen LogP contribution in [0.15, 0.2) is 51.6 Å². The molecule has 0 bridgehead atoms. The molecule has 0 aliphatic carbocycles. The Hall–Kier alpha value is -2.76. The van der Waals surface area contributed by atoms with Crippen molar-refractivity contribution in [2.24, 2.45) is 0 Å². The van der Waals surface area contributed by atoms with Gasteiger partial charge in [-0.15, -0.1) is 0 Å². The van der Waals surface area contributed by atoms with E-state index in [1.165, 1.54) is 12.1 Å². The van der Waals surface area contributed by atoms with Crippen LogP contribution in [0.5, 0.6) is 0 Å². The average molecular weight is 516 g/mol. The van der Waals surface area contributed by atoms with Gasteiger partial charge in [-0.2, -0.15) is 0 Å². The van der Waals surface area contributed by atoms with E-state index in [2.05, 4.69) is 15.0 Å². The molecule has 0 spiro atoms. The molecule has 2 aliphatic heterocycles. The third-order valence-corrected chi connectivity index (χ3v) is 6.65. The first kappa shape index (κ1) is 25.9. The van der Waals surface area contributed by atoms with Gasteiger partial charge in [0.05, 0.1) is 43.9 Å². The number of nitrogens with zero attached hydrogens (tertiary/aromatic N) is 3. The number of halogens is 1. The van der Waals surface area contributed by atoms with Crippen molar-refractivity contribution in [1.29, 1.82) is 0 Å². The van der Waals surface area contributed by atoms with E-state index in [4.69, 9.17) is 23.2 Å². The number of aromatic nitrogens is 1. The van der Waals surface area contributed by atoms with E-state index < -0.39 is 6.10 Å². The molecule has 0 unspecified atom stereocenters. The fourth-order valence-electron chi connectivity index (χ4n) is 4.84. The predicted molar refractivity (Wildman–Crippen MR) is 134 cm³/mol. The largest absolute Gasteiger partial charge is 0.467 e. The predicted octanol–water partition coefficient (Wildman–Crippen LogP) is 3.47. The molecular weight excluding hydrogens is 481 g/mol. The minimum Gasteiger partial charge on any atom is -0.467 e. The quantitative estimate of drug-likeness (QED) is 0.389. The van der Waals surface area contributed by atoms with E-state index in [0.717, 1.165) is 30.6 Å². The topological polar surface area (TPSA) is 93.6 Å². The molecular formula is C27H34FN3O6. The lowest BCUT2D eigenvalue weighted by Gasteiger charge is -2.30. The van der Waals surface area contributed by atoms with Crippen LogP contribution in [0.3, 0.4) is 0 Å². The van der Waals surface area contributed by atoms with Crippen LogP contribution in [-0.2, 0) is 27.4 Å². The van der Waals surface area contributed by atoms with Gasteiger partial charge in [0.15, 0.2) is 0 Å². The Morgan fingerprint density at radius 1 is 1.16 bits per heavy atom. The van der Waals surface area contributed by atoms with E-state index in [-0.39, 0.29) is 18.5 Å². The molecule has 3 aromatic rings. The normalized spacial score (nSPS) is 19.1. The van der Waals surface area contributed by atoms with Crippen molar-refractivity contribution in [2.75, 3.05) is 57.5 Å². The molecule has 5 rings (SSSR count). The minimum absolute atomic E-state index is 0.0946. The summed E-state index contributed by atoms with van der Waals surface area (Å²) in [4.78, 5) is 4.30. The van der Waals surface area contributed by atoms with E-state index in [0.29, 0.717) is 69.9 Å². The van der Waals surface area contributed by atoms with Gasteiger partial charge in [-0.25, -0.2) is 4.39 Å². The number of rotatable bonds is 12. The number of anilines is 1. The van der Waals surface area contributed by atoms with Gasteiger partial charge in [0.25, 0.3) is 0 Å². The molecule has 2 atom stereocenters. The Morgan fingerprint density at radius 3 is 2.73 bits per heavy atom. The third kappa shape index (κ3) is 6.97. The van der Waals surface area contributed by atoms with Crippen LogP contribution in [0.4, 0.5) is 10.3 Å². The number of morpholine rings is 1. The number of furan rings is 1. The zero-order chi connectivity index (χ0) is 25.5. The summed E-state index contributed by atoms with van der Waals surface area (Å²) >= 11 is 0. The number of aliphatic hydroxyl groups excluding tert-OH is 1. The number of benzene rings is 1. The zero-order valence-corrected chi connectivity index (χ0v) is 20.9. The Bertz CT molecular complexity index is 1080. The van der Waals surface area contributed by atoms with E-state index >= 15 is 0 Å². The van der Waals surface area contributed by atoms with Crippen LogP contribution in [0.1, 0.15) is 24.2 Å². The summed E-state index contributed by atoms with van der Waals surface area (Å²) in [6.07, 6.45) is 2.99. The summed E-state index contributed by atoms with van der Waals surface area (Å²) in [6, 6.07) is 9.91. The number of hydrogen-bond donors (Lipinski definition) is 1. The molecule has 37 heavy (non-hydrogen) atoms. The Labute approximate surface area is 215 Å². The van der Waals surface area contributed by atoms with Crippen LogP contribution in [0.25, 0.3) is 11.3 Å². The summed E-state index contributed by atoms with van der Waals surface area (Å²) < 4.78 is 41.9. The maximum absolute atomic E-state index is 13.6. The Balaban J connectivity index is 1.35. The number of ether oxygens (including phenoxy) is 3. The standard InChI is InChI=1S/C27H34FN3O6/c28-21-7-5-20(6-8-21)26-25(27(37-29-26)31-9-13-33-14-10-31)17-30(16-23-3-1-11-35-23)15-22(32)18-34-19-24-4-2-12-36-24/h2,4-8,12,22-23,32H,1,3,9-11,13-19H2/t22-,23-/m0/s1. The van der Waals surface area contributed by atoms with Gasteiger partial charge in [0, 0.05) is 44.9 Å². The maximum atomic E-state index is 13.6. The van der Waals surface area contributed by atoms with Crippen LogP contribution >= 0.6 is 0 Å². The van der Waals surface area contributed by atoms with Crippen molar-refractivity contribution in [2.45, 2.75) is 38.2 Å². The van der Waals surface area contributed by atoms with Gasteiger partial charge >= 0.3 is 0 Å². The van der Waals surface area contributed by atoms with E-state index in [1.807, 2.05) is 12.1 Å². The van der Waals surface area contributed by atoms with Crippen LogP contribution in [-0.4, -0.2) is 80.0 Å². The van der Waals surface area contributed by atoms with Crippen molar-refractivity contribution < 1.29 is 32.6 Å². The Morgan fingerprint density at radius 2 is 2.00 bits per heavy atom. The van der Waals surface area contributed by atoms with Gasteiger partial charge in [0.1, 0.15) is 23.9 Å². The van der Waals surface area contributed by atoms with Gasteiger partial charge in [0.2, 0.25) is 5.88 Å². The maximum Gasteiger partial charge on any atom is 0.232 e. The second-order valence-corrected chi connectivity index (χ2v) is 9.50. The highest BCUT2D eigenvalue weighted by atomic mass is 19.1. The molecule has 2 fully saturated rings. The molecule has 2 aliphatic rings. The molecule has 10 heteroatoms. The zero-order valence-electron chi connectivity index (χ0n) is 20.9. The first-order valence-electron chi connectivity index (χ1n) is 12.8. The van der Waals surface area contributed by atoms with Crippen LogP contribution in [0, 0.1) is 5.82 Å². The fraction of sp³-hybridized carbons (Fsp3) is 0.519. The molecule has 4 heterocycles. The van der Waals surface area contributed by atoms with Crippen LogP contribution in [0.2, 0.25) is 0 Å². The van der Waals surface area contributed by atoms with Crippen molar-refractivity contribution in [3.05, 3.63) is 59.8 Å². The highest BCUT2D eigenvalue weighted by Gasteiger charge is 2.28. The second kappa shape index (κ2) is 12.7. The lowest BCUT2D eigenvalue weighted by molar-refractivity contribution is -0.00634. The fourth-order valence-corrected chi connectivity index (χ4v) is 4.84. The van der Waals surface area contributed by atoms with E-state index in [9.17, 15) is 9.50 Å². The lowest BCUT2D eigenvalue weighted by atomic mass is 10.1. The van der Waals surface area contributed by atoms with Crippen molar-refractivity contribution in [3.63, 3.8) is 0 Å². The first-order valence-corrected chi connectivity index (χ1v) is 12.8. The van der Waals surface area contributed by atoms with Gasteiger partial charge in [-0.05, 0) is 49.2 Å². The highest BCUT2D eigenvalue weighted by Crippen LogP contribution is 2.33. The minimum atomic E-state index is -0.711. The molecule has 0 saturated carbocycles. The van der Waals surface area contributed by atoms with Crippen molar-refractivity contribution in [3.8, 4) is 11.3 Å². The summed E-state index contributed by atoms with van der Waals surface area (Å²) in [5.74, 6) is 1.09. The summed E-state index contributed by atoms with van der Waals surface area (Å²) in [7, 11) is 0. The van der Waals surface area contributed by atoms with E-state index in [1.54, 1.807) is 18.4 Å². The van der Waals surface area contributed by atoms with Crippen LogP contribution < -0.4 is 4.90 Å². The monoisotopic (exact) mass is 515 g/mol. The summed E-state index contributed by atoms with van der Waals surface area (Å²) in [5, 5.41) is 15.2. The first-order chi connectivity index (χ1) is 18.2.